The maximum atomic E-state index is 12.8. The van der Waals surface area contributed by atoms with Crippen LogP contribution in [0.1, 0.15) is 46.5 Å². The summed E-state index contributed by atoms with van der Waals surface area (Å²) in [5, 5.41) is 25.1. The Morgan fingerprint density at radius 1 is 1.24 bits per heavy atom. The number of nitrogens with one attached hydrogen (secondary N) is 1. The molecule has 2 N–H and O–H groups in total. The average Bonchev–Trinajstić information content (AvgIpc) is 3.45. The Labute approximate surface area is 192 Å². The van der Waals surface area contributed by atoms with Gasteiger partial charge in [0.05, 0.1) is 12.1 Å². The zero-order valence-corrected chi connectivity index (χ0v) is 18.7. The van der Waals surface area contributed by atoms with Gasteiger partial charge < -0.3 is 19.5 Å². The number of rotatable bonds is 6. The van der Waals surface area contributed by atoms with Crippen molar-refractivity contribution in [3.8, 4) is 5.75 Å². The summed E-state index contributed by atoms with van der Waals surface area (Å²) in [6, 6.07) is 7.27. The molecule has 33 heavy (non-hydrogen) atoms. The van der Waals surface area contributed by atoms with Gasteiger partial charge in [-0.25, -0.2) is 4.98 Å². The number of hydrogen-bond donors (Lipinski definition) is 2. The van der Waals surface area contributed by atoms with Crippen molar-refractivity contribution in [2.24, 2.45) is 14.1 Å². The van der Waals surface area contributed by atoms with Crippen LogP contribution in [-0.2, 0) is 14.1 Å². The number of aryl methyl sites for hydroxylation is 1. The second kappa shape index (κ2) is 8.87. The van der Waals surface area contributed by atoms with E-state index in [9.17, 15) is 14.7 Å². The highest BCUT2D eigenvalue weighted by Gasteiger charge is 2.32. The fraction of sp³-hybridized carbons (Fsp3) is 0.238. The van der Waals surface area contributed by atoms with Gasteiger partial charge in [-0.15, -0.1) is 10.2 Å². The monoisotopic (exact) mass is 469 g/mol. The Morgan fingerprint density at radius 3 is 2.64 bits per heavy atom. The number of nitrogens with zero attached hydrogens (tertiary/aromatic N) is 6. The van der Waals surface area contributed by atoms with Crippen molar-refractivity contribution in [1.82, 2.24) is 29.5 Å². The van der Waals surface area contributed by atoms with Gasteiger partial charge in [0.25, 0.3) is 11.5 Å². The Bertz CT molecular complexity index is 1360. The van der Waals surface area contributed by atoms with E-state index in [1.165, 1.54) is 24.1 Å². The lowest BCUT2D eigenvalue weighted by molar-refractivity contribution is 0.101. The second-order valence-electron chi connectivity index (χ2n) is 7.49. The van der Waals surface area contributed by atoms with E-state index < -0.39 is 34.7 Å². The van der Waals surface area contributed by atoms with Crippen molar-refractivity contribution < 1.29 is 14.4 Å². The molecule has 0 unspecified atom stereocenters. The highest BCUT2D eigenvalue weighted by molar-refractivity contribution is 6.31. The smallest absolute Gasteiger partial charge is 0.296 e. The van der Waals surface area contributed by atoms with E-state index in [-0.39, 0.29) is 11.5 Å². The minimum atomic E-state index is -0.783. The van der Waals surface area contributed by atoms with Crippen LogP contribution in [0.4, 0.5) is 5.69 Å². The van der Waals surface area contributed by atoms with Gasteiger partial charge in [-0.2, -0.15) is 0 Å². The van der Waals surface area contributed by atoms with Gasteiger partial charge in [-0.05, 0) is 11.6 Å². The number of hydrogen-bond acceptors (Lipinski definition) is 8. The molecule has 12 heteroatoms. The van der Waals surface area contributed by atoms with Gasteiger partial charge in [-0.3, -0.25) is 14.2 Å². The highest BCUT2D eigenvalue weighted by Crippen LogP contribution is 2.39. The first-order valence-corrected chi connectivity index (χ1v) is 10.3. The zero-order chi connectivity index (χ0) is 23.7. The number of aromatic nitrogens is 6. The van der Waals surface area contributed by atoms with E-state index in [0.29, 0.717) is 10.8 Å². The van der Waals surface area contributed by atoms with E-state index >= 15 is 0 Å². The van der Waals surface area contributed by atoms with Crippen LogP contribution in [0, 0.1) is 0 Å². The lowest BCUT2D eigenvalue weighted by atomic mass is 9.85. The second-order valence-corrected chi connectivity index (χ2v) is 7.89. The number of carbonyl (C=O) groups is 1. The van der Waals surface area contributed by atoms with E-state index in [4.69, 9.17) is 11.6 Å². The van der Waals surface area contributed by atoms with Crippen molar-refractivity contribution in [3.63, 3.8) is 0 Å². The Balaban J connectivity index is 1.84. The van der Waals surface area contributed by atoms with Crippen LogP contribution in [0.25, 0.3) is 0 Å². The van der Waals surface area contributed by atoms with E-state index in [0.717, 1.165) is 5.56 Å². The highest BCUT2D eigenvalue weighted by atomic mass is 35.5. The van der Waals surface area contributed by atoms with Crippen molar-refractivity contribution in [2.45, 2.75) is 18.8 Å². The predicted octanol–water partition coefficient (Wildman–Crippen LogP) is 2.44. The maximum absolute atomic E-state index is 12.8. The van der Waals surface area contributed by atoms with E-state index in [2.05, 4.69) is 30.2 Å². The molecule has 0 radical (unpaired) electrons. The summed E-state index contributed by atoms with van der Waals surface area (Å²) in [4.78, 5) is 29.9. The molecule has 0 spiro atoms. The molecule has 0 saturated carbocycles. The Hall–Kier alpha value is -3.99. The Kier molecular flexibility index (Phi) is 5.97. The number of anilines is 1. The van der Waals surface area contributed by atoms with E-state index in [1.807, 2.05) is 25.1 Å². The van der Waals surface area contributed by atoms with Crippen molar-refractivity contribution in [2.75, 3.05) is 5.32 Å². The lowest BCUT2D eigenvalue weighted by Gasteiger charge is -2.26. The molecular weight excluding hydrogens is 450 g/mol. The molecule has 4 rings (SSSR count). The van der Waals surface area contributed by atoms with Gasteiger partial charge in [0.15, 0.2) is 5.69 Å². The molecule has 3 aromatic heterocycles. The summed E-state index contributed by atoms with van der Waals surface area (Å²) < 4.78 is 7.65. The summed E-state index contributed by atoms with van der Waals surface area (Å²) in [6.45, 7) is 1.84. The summed E-state index contributed by atoms with van der Waals surface area (Å²) in [7, 11) is 3.27. The quantitative estimate of drug-likeness (QED) is 0.438. The molecular formula is C21H20ClN7O4. The molecule has 3 heterocycles. The summed E-state index contributed by atoms with van der Waals surface area (Å²) in [6.07, 6.45) is 4.05. The number of amides is 1. The zero-order valence-electron chi connectivity index (χ0n) is 17.9. The fourth-order valence-electron chi connectivity index (χ4n) is 3.71. The third-order valence-corrected chi connectivity index (χ3v) is 5.72. The molecule has 170 valence electrons. The van der Waals surface area contributed by atoms with Crippen molar-refractivity contribution in [1.29, 1.82) is 0 Å². The van der Waals surface area contributed by atoms with Crippen LogP contribution in [0.2, 0.25) is 5.02 Å². The standard InChI is InChI=1S/C21H20ClN7O4/c1-11(15(19-27-23-10-28(19)2)13-6-4-5-7-14(13)22)18-26-16(17(30)21(32)29(18)3)20(31)25-12-8-24-33-9-12/h4-11,15,30H,1-3H3,(H,25,31)/t11-,15+/m1/s1. The number of halogens is 1. The predicted molar refractivity (Wildman–Crippen MR) is 118 cm³/mol. The molecule has 0 bridgehead atoms. The normalized spacial score (nSPS) is 13.0. The maximum Gasteiger partial charge on any atom is 0.296 e. The molecule has 0 aliphatic heterocycles. The van der Waals surface area contributed by atoms with Crippen LogP contribution >= 0.6 is 11.6 Å². The van der Waals surface area contributed by atoms with Gasteiger partial charge >= 0.3 is 0 Å². The first kappa shape index (κ1) is 22.2. The molecule has 0 saturated heterocycles. The minimum Gasteiger partial charge on any atom is -0.501 e. The number of benzene rings is 1. The molecule has 0 fully saturated rings. The SMILES string of the molecule is C[C@@H](c1nc(C(=O)Nc2cnoc2)c(O)c(=O)n1C)[C@@H](c1ccccc1Cl)c1nncn1C. The molecule has 1 aromatic carbocycles. The van der Waals surface area contributed by atoms with Gasteiger partial charge in [-0.1, -0.05) is 41.9 Å². The fourth-order valence-corrected chi connectivity index (χ4v) is 3.96. The minimum absolute atomic E-state index is 0.251. The van der Waals surface area contributed by atoms with Gasteiger partial charge in [0, 0.05) is 25.0 Å². The first-order chi connectivity index (χ1) is 15.8. The van der Waals surface area contributed by atoms with Crippen molar-refractivity contribution in [3.05, 3.63) is 81.3 Å². The van der Waals surface area contributed by atoms with Gasteiger partial charge in [0.2, 0.25) is 5.75 Å². The largest absolute Gasteiger partial charge is 0.501 e. The van der Waals surface area contributed by atoms with E-state index in [1.54, 1.807) is 24.0 Å². The topological polar surface area (TPSA) is 141 Å². The van der Waals surface area contributed by atoms with Crippen molar-refractivity contribution >= 4 is 23.2 Å². The van der Waals surface area contributed by atoms with Gasteiger partial charge in [0.1, 0.15) is 29.9 Å². The summed E-state index contributed by atoms with van der Waals surface area (Å²) in [5.41, 5.74) is -0.180. The Morgan fingerprint density at radius 2 is 2.00 bits per heavy atom. The molecule has 0 aliphatic carbocycles. The molecule has 2 atom stereocenters. The van der Waals surface area contributed by atoms with Crippen LogP contribution in [-0.4, -0.2) is 40.5 Å². The van der Waals surface area contributed by atoms with Crippen LogP contribution in [0.5, 0.6) is 5.75 Å². The third-order valence-electron chi connectivity index (χ3n) is 5.38. The molecule has 1 amide bonds. The third kappa shape index (κ3) is 4.10. The summed E-state index contributed by atoms with van der Waals surface area (Å²) >= 11 is 6.51. The average molecular weight is 470 g/mol. The first-order valence-electron chi connectivity index (χ1n) is 9.88. The van der Waals surface area contributed by atoms with Crippen LogP contribution in [0.15, 0.2) is 52.4 Å². The lowest BCUT2D eigenvalue weighted by Crippen LogP contribution is -2.30. The number of aromatic hydroxyl groups is 1. The number of carbonyl (C=O) groups excluding carboxylic acids is 1. The molecule has 4 aromatic rings. The van der Waals surface area contributed by atoms with Crippen LogP contribution in [0.3, 0.4) is 0 Å². The summed E-state index contributed by atoms with van der Waals surface area (Å²) in [5.74, 6) is -1.66. The molecule has 0 aliphatic rings. The van der Waals surface area contributed by atoms with Crippen LogP contribution < -0.4 is 10.9 Å². The molecule has 11 nitrogen and oxygen atoms in total.